The molecule has 0 heterocycles. The van der Waals surface area contributed by atoms with Gasteiger partial charge in [0.2, 0.25) is 0 Å². The molecule has 0 atom stereocenters. The Labute approximate surface area is 192 Å². The molecule has 6 heteroatoms. The number of hydrogen-bond acceptors (Lipinski definition) is 3. The third-order valence-corrected chi connectivity index (χ3v) is 12.1. The molecule has 174 valence electrons. The van der Waals surface area contributed by atoms with Crippen LogP contribution >= 0.6 is 0 Å². The van der Waals surface area contributed by atoms with Gasteiger partial charge >= 0.3 is 6.09 Å². The van der Waals surface area contributed by atoms with Crippen LogP contribution in [0, 0.1) is 11.5 Å². The minimum absolute atomic E-state index is 0.459. The highest BCUT2D eigenvalue weighted by Gasteiger charge is 2.47. The van der Waals surface area contributed by atoms with Crippen molar-refractivity contribution < 1.29 is 14.0 Å². The van der Waals surface area contributed by atoms with Crippen molar-refractivity contribution in [2.45, 2.75) is 104 Å². The van der Waals surface area contributed by atoms with Crippen molar-refractivity contribution >= 4 is 28.2 Å². The molecule has 0 aliphatic rings. The number of nitrogens with one attached hydrogen (secondary N) is 1. The number of rotatable bonds is 6. The van der Waals surface area contributed by atoms with Gasteiger partial charge in [-0.3, -0.25) is 5.32 Å². The highest BCUT2D eigenvalue weighted by molar-refractivity contribution is 6.84. The Balaban J connectivity index is 3.45. The lowest BCUT2D eigenvalue weighted by atomic mass is 10.2. The van der Waals surface area contributed by atoms with Gasteiger partial charge in [-0.2, -0.15) is 0 Å². The smallest absolute Gasteiger partial charge is 0.412 e. The van der Waals surface area contributed by atoms with E-state index in [1.807, 2.05) is 39.0 Å². The lowest BCUT2D eigenvalue weighted by molar-refractivity contribution is 0.0636. The number of ether oxygens (including phenoxy) is 1. The van der Waals surface area contributed by atoms with Gasteiger partial charge in [0.15, 0.2) is 0 Å². The van der Waals surface area contributed by atoms with Crippen molar-refractivity contribution in [2.24, 2.45) is 0 Å². The Morgan fingerprint density at radius 3 is 1.90 bits per heavy atom. The Kier molecular flexibility index (Phi) is 9.05. The summed E-state index contributed by atoms with van der Waals surface area (Å²) in [4.78, 5) is 12.5. The first-order valence-electron chi connectivity index (χ1n) is 11.3. The number of benzene rings is 1. The molecule has 1 N–H and O–H groups in total. The quantitative estimate of drug-likeness (QED) is 0.347. The summed E-state index contributed by atoms with van der Waals surface area (Å²) in [6.07, 6.45) is -0.485. The molecule has 0 fully saturated rings. The van der Waals surface area contributed by atoms with E-state index in [1.165, 1.54) is 0 Å². The Bertz CT molecular complexity index is 800. The van der Waals surface area contributed by atoms with Gasteiger partial charge in [0.25, 0.3) is 8.32 Å². The summed E-state index contributed by atoms with van der Waals surface area (Å²) in [5.41, 5.74) is 5.61. The van der Waals surface area contributed by atoms with Gasteiger partial charge < -0.3 is 9.16 Å². The number of carbonyl (C=O) groups excluding carboxylic acids is 1. The third-order valence-electron chi connectivity index (χ3n) is 5.20. The van der Waals surface area contributed by atoms with Gasteiger partial charge in [-0.25, -0.2) is 4.79 Å². The first-order chi connectivity index (χ1) is 14.0. The molecule has 31 heavy (non-hydrogen) atoms. The Morgan fingerprint density at radius 1 is 0.968 bits per heavy atom. The van der Waals surface area contributed by atoms with Crippen LogP contribution < -0.4 is 9.74 Å². The van der Waals surface area contributed by atoms with Gasteiger partial charge in [0.05, 0.1) is 5.69 Å². The van der Waals surface area contributed by atoms with Crippen molar-refractivity contribution in [2.75, 3.05) is 5.32 Å². The van der Waals surface area contributed by atoms with Gasteiger partial charge in [-0.15, -0.1) is 5.54 Å². The van der Waals surface area contributed by atoms with E-state index in [4.69, 9.17) is 9.16 Å². The minimum Gasteiger partial charge on any atom is -0.543 e. The molecule has 0 aliphatic carbocycles. The lowest BCUT2D eigenvalue weighted by Crippen LogP contribution is -2.50. The van der Waals surface area contributed by atoms with Crippen LogP contribution in [-0.2, 0) is 4.74 Å². The lowest BCUT2D eigenvalue weighted by Gasteiger charge is -2.42. The zero-order valence-corrected chi connectivity index (χ0v) is 23.7. The van der Waals surface area contributed by atoms with E-state index in [0.29, 0.717) is 22.3 Å². The summed E-state index contributed by atoms with van der Waals surface area (Å²) >= 11 is 0. The second-order valence-electron chi connectivity index (χ2n) is 11.3. The van der Waals surface area contributed by atoms with Crippen LogP contribution in [0.5, 0.6) is 5.75 Å². The van der Waals surface area contributed by atoms with Gasteiger partial charge in [-0.1, -0.05) is 67.1 Å². The van der Waals surface area contributed by atoms with Gasteiger partial charge in [0.1, 0.15) is 19.4 Å². The Hall–Kier alpha value is -1.72. The second kappa shape index (κ2) is 10.3. The molecule has 1 rings (SSSR count). The Morgan fingerprint density at radius 2 is 1.48 bits per heavy atom. The molecule has 1 aromatic carbocycles. The fraction of sp³-hybridized carbons (Fsp3) is 0.640. The van der Waals surface area contributed by atoms with Crippen molar-refractivity contribution in [3.05, 3.63) is 23.8 Å². The van der Waals surface area contributed by atoms with Crippen LogP contribution in [0.1, 0.15) is 67.9 Å². The van der Waals surface area contributed by atoms with Crippen molar-refractivity contribution in [3.8, 4) is 17.2 Å². The van der Waals surface area contributed by atoms with Crippen molar-refractivity contribution in [3.63, 3.8) is 0 Å². The average Bonchev–Trinajstić information content (AvgIpc) is 2.55. The number of carbonyl (C=O) groups is 1. The maximum atomic E-state index is 12.5. The molecule has 0 saturated carbocycles. The maximum Gasteiger partial charge on any atom is 0.412 e. The minimum atomic E-state index is -2.11. The molecule has 1 aromatic rings. The maximum absolute atomic E-state index is 12.5. The zero-order chi connectivity index (χ0) is 24.2. The molecule has 0 aromatic heterocycles. The summed E-state index contributed by atoms with van der Waals surface area (Å²) in [5.74, 6) is 4.06. The second-order valence-corrected chi connectivity index (χ2v) is 21.4. The van der Waals surface area contributed by atoms with Crippen LogP contribution in [0.25, 0.3) is 0 Å². The first-order valence-corrected chi connectivity index (χ1v) is 17.0. The van der Waals surface area contributed by atoms with E-state index in [-0.39, 0.29) is 0 Å². The summed E-state index contributed by atoms with van der Waals surface area (Å²) in [6, 6.07) is 5.85. The monoisotopic (exact) mass is 461 g/mol. The van der Waals surface area contributed by atoms with E-state index in [0.717, 1.165) is 11.3 Å². The van der Waals surface area contributed by atoms with Crippen LogP contribution in [0.3, 0.4) is 0 Å². The molecule has 0 spiro atoms. The fourth-order valence-corrected chi connectivity index (χ4v) is 9.78. The molecular weight excluding hydrogens is 418 g/mol. The topological polar surface area (TPSA) is 47.6 Å². The standard InChI is InChI=1S/C25H43NO3Si2/c1-18(2)31(19(3)4,20(5)6)29-22-14-13-21(15-16-30(10,11)12)23(17-22)26-24(27)28-25(7,8)9/h13-14,17-20H,1-12H3,(H,26,27). The summed E-state index contributed by atoms with van der Waals surface area (Å²) in [5, 5.41) is 2.90. The SMILES string of the molecule is CC(C)[Si](Oc1ccc(C#C[Si](C)(C)C)c(NC(=O)OC(C)(C)C)c1)(C(C)C)C(C)C. The predicted molar refractivity (Wildman–Crippen MR) is 138 cm³/mol. The molecule has 0 saturated heterocycles. The molecule has 4 nitrogen and oxygen atoms in total. The first kappa shape index (κ1) is 27.3. The van der Waals surface area contributed by atoms with Crippen LogP contribution in [0.4, 0.5) is 10.5 Å². The average molecular weight is 462 g/mol. The number of amides is 1. The number of hydrogen-bond donors (Lipinski definition) is 1. The van der Waals surface area contributed by atoms with E-state index < -0.39 is 28.1 Å². The largest absolute Gasteiger partial charge is 0.543 e. The van der Waals surface area contributed by atoms with E-state index in [9.17, 15) is 4.79 Å². The molecule has 0 bridgehead atoms. The zero-order valence-electron chi connectivity index (χ0n) is 21.7. The van der Waals surface area contributed by atoms with Crippen LogP contribution in [-0.4, -0.2) is 28.1 Å². The molecule has 0 radical (unpaired) electrons. The molecular formula is C25H43NO3Si2. The molecule has 1 amide bonds. The normalized spacial score (nSPS) is 12.6. The summed E-state index contributed by atoms with van der Waals surface area (Å²) < 4.78 is 12.3. The third kappa shape index (κ3) is 8.04. The van der Waals surface area contributed by atoms with E-state index >= 15 is 0 Å². The van der Waals surface area contributed by atoms with Crippen LogP contribution in [0.15, 0.2) is 18.2 Å². The highest BCUT2D eigenvalue weighted by atomic mass is 28.4. The summed E-state index contributed by atoms with van der Waals surface area (Å²) in [6.45, 7) is 25.7. The molecule has 0 aliphatic heterocycles. The van der Waals surface area contributed by atoms with E-state index in [2.05, 4.69) is 78.0 Å². The van der Waals surface area contributed by atoms with E-state index in [1.54, 1.807) is 0 Å². The predicted octanol–water partition coefficient (Wildman–Crippen LogP) is 7.82. The van der Waals surface area contributed by atoms with Crippen molar-refractivity contribution in [1.29, 1.82) is 0 Å². The van der Waals surface area contributed by atoms with Crippen molar-refractivity contribution in [1.82, 2.24) is 0 Å². The highest BCUT2D eigenvalue weighted by Crippen LogP contribution is 2.43. The molecule has 0 unspecified atom stereocenters. The van der Waals surface area contributed by atoms with Gasteiger partial charge in [-0.05, 0) is 49.5 Å². The summed E-state index contributed by atoms with van der Waals surface area (Å²) in [7, 11) is -3.68. The number of anilines is 1. The van der Waals surface area contributed by atoms with Gasteiger partial charge in [0, 0.05) is 11.6 Å². The fourth-order valence-electron chi connectivity index (χ4n) is 4.03. The van der Waals surface area contributed by atoms with Crippen LogP contribution in [0.2, 0.25) is 36.3 Å².